The van der Waals surface area contributed by atoms with Crippen molar-refractivity contribution in [2.24, 2.45) is 0 Å². The first kappa shape index (κ1) is 16.1. The van der Waals surface area contributed by atoms with Crippen molar-refractivity contribution in [2.45, 2.75) is 39.3 Å². The van der Waals surface area contributed by atoms with Crippen LogP contribution in [0.1, 0.15) is 24.5 Å². The number of rotatable bonds is 5. The molecule has 1 atom stereocenters. The zero-order chi connectivity index (χ0) is 16.4. The van der Waals surface area contributed by atoms with Crippen LogP contribution in [-0.2, 0) is 11.3 Å². The van der Waals surface area contributed by atoms with Crippen LogP contribution in [0.5, 0.6) is 0 Å². The number of hydrogen-bond acceptors (Lipinski definition) is 6. The Balaban J connectivity index is 1.62. The van der Waals surface area contributed by atoms with Gasteiger partial charge in [-0.2, -0.15) is 5.10 Å². The standard InChI is InChI=1S/C15H22N6OS/c1-11-17-12(2)21(18-11)9-13-5-4-7-20(13)10-14(22)19(3)15-16-6-8-23-15/h6,8,13H,4-5,7,9-10H2,1-3H3/t13-/m0/s1. The van der Waals surface area contributed by atoms with Gasteiger partial charge in [-0.25, -0.2) is 14.6 Å². The van der Waals surface area contributed by atoms with Crippen LogP contribution in [0.15, 0.2) is 11.6 Å². The van der Waals surface area contributed by atoms with Gasteiger partial charge in [-0.1, -0.05) is 0 Å². The van der Waals surface area contributed by atoms with Gasteiger partial charge in [0.2, 0.25) is 5.91 Å². The van der Waals surface area contributed by atoms with E-state index in [4.69, 9.17) is 0 Å². The third-order valence-electron chi connectivity index (χ3n) is 4.26. The zero-order valence-electron chi connectivity index (χ0n) is 13.8. The Hall–Kier alpha value is -1.80. The van der Waals surface area contributed by atoms with E-state index in [0.29, 0.717) is 12.6 Å². The Morgan fingerprint density at radius 1 is 1.48 bits per heavy atom. The number of likely N-dealkylation sites (tertiary alicyclic amines) is 1. The maximum Gasteiger partial charge on any atom is 0.242 e. The fourth-order valence-electron chi connectivity index (χ4n) is 3.01. The van der Waals surface area contributed by atoms with Crippen molar-refractivity contribution >= 4 is 22.4 Å². The minimum absolute atomic E-state index is 0.0818. The van der Waals surface area contributed by atoms with Gasteiger partial charge >= 0.3 is 0 Å². The first-order chi connectivity index (χ1) is 11.0. The maximum absolute atomic E-state index is 12.5. The van der Waals surface area contributed by atoms with E-state index in [1.165, 1.54) is 11.3 Å². The van der Waals surface area contributed by atoms with Gasteiger partial charge in [-0.05, 0) is 33.2 Å². The van der Waals surface area contributed by atoms with Crippen molar-refractivity contribution in [3.63, 3.8) is 0 Å². The van der Waals surface area contributed by atoms with Crippen LogP contribution < -0.4 is 4.90 Å². The molecule has 2 aromatic heterocycles. The summed E-state index contributed by atoms with van der Waals surface area (Å²) in [5, 5.41) is 7.06. The molecule has 0 N–H and O–H groups in total. The van der Waals surface area contributed by atoms with Gasteiger partial charge in [0, 0.05) is 24.7 Å². The number of aryl methyl sites for hydroxylation is 2. The molecule has 1 fully saturated rings. The largest absolute Gasteiger partial charge is 0.290 e. The van der Waals surface area contributed by atoms with Crippen molar-refractivity contribution in [3.05, 3.63) is 23.2 Å². The fraction of sp³-hybridized carbons (Fsp3) is 0.600. The molecule has 3 heterocycles. The van der Waals surface area contributed by atoms with Gasteiger partial charge in [-0.15, -0.1) is 11.3 Å². The molecule has 0 unspecified atom stereocenters. The minimum Gasteiger partial charge on any atom is -0.290 e. The third-order valence-corrected chi connectivity index (χ3v) is 5.11. The first-order valence-corrected chi connectivity index (χ1v) is 8.70. The number of anilines is 1. The van der Waals surface area contributed by atoms with Crippen molar-refractivity contribution < 1.29 is 4.79 Å². The van der Waals surface area contributed by atoms with Crippen LogP contribution in [0.4, 0.5) is 5.13 Å². The number of nitrogens with zero attached hydrogens (tertiary/aromatic N) is 6. The Morgan fingerprint density at radius 2 is 2.30 bits per heavy atom. The third kappa shape index (κ3) is 3.59. The number of amides is 1. The van der Waals surface area contributed by atoms with E-state index in [0.717, 1.165) is 42.7 Å². The summed E-state index contributed by atoms with van der Waals surface area (Å²) in [6, 6.07) is 0.337. The molecular formula is C15H22N6OS. The summed E-state index contributed by atoms with van der Waals surface area (Å²) in [6.45, 7) is 6.05. The second-order valence-corrected chi connectivity index (χ2v) is 6.80. The van der Waals surface area contributed by atoms with Crippen LogP contribution in [0.25, 0.3) is 0 Å². The van der Waals surface area contributed by atoms with Gasteiger partial charge in [0.1, 0.15) is 11.6 Å². The molecule has 1 aliphatic rings. The van der Waals surface area contributed by atoms with E-state index < -0.39 is 0 Å². The SMILES string of the molecule is Cc1nc(C)n(C[C@@H]2CCCN2CC(=O)N(C)c2nccs2)n1. The second kappa shape index (κ2) is 6.76. The molecule has 0 bridgehead atoms. The summed E-state index contributed by atoms with van der Waals surface area (Å²) in [7, 11) is 1.79. The van der Waals surface area contributed by atoms with E-state index >= 15 is 0 Å². The molecule has 8 heteroatoms. The van der Waals surface area contributed by atoms with E-state index in [1.54, 1.807) is 18.1 Å². The molecule has 0 radical (unpaired) electrons. The van der Waals surface area contributed by atoms with Gasteiger partial charge in [0.15, 0.2) is 5.13 Å². The first-order valence-electron chi connectivity index (χ1n) is 7.82. The lowest BCUT2D eigenvalue weighted by molar-refractivity contribution is -0.119. The van der Waals surface area contributed by atoms with Crippen molar-refractivity contribution in [2.75, 3.05) is 25.0 Å². The average molecular weight is 334 g/mol. The highest BCUT2D eigenvalue weighted by Gasteiger charge is 2.28. The lowest BCUT2D eigenvalue weighted by Crippen LogP contribution is -2.42. The highest BCUT2D eigenvalue weighted by Crippen LogP contribution is 2.21. The lowest BCUT2D eigenvalue weighted by Gasteiger charge is -2.25. The summed E-state index contributed by atoms with van der Waals surface area (Å²) in [5.41, 5.74) is 0. The Labute approximate surface area is 140 Å². The lowest BCUT2D eigenvalue weighted by atomic mass is 10.2. The molecule has 1 amide bonds. The number of thiazole rings is 1. The number of carbonyl (C=O) groups is 1. The smallest absolute Gasteiger partial charge is 0.242 e. The predicted molar refractivity (Wildman–Crippen MR) is 89.6 cm³/mol. The molecule has 23 heavy (non-hydrogen) atoms. The molecule has 124 valence electrons. The molecular weight excluding hydrogens is 312 g/mol. The summed E-state index contributed by atoms with van der Waals surface area (Å²) in [6.07, 6.45) is 3.93. The van der Waals surface area contributed by atoms with Gasteiger partial charge in [0.05, 0.1) is 13.1 Å². The quantitative estimate of drug-likeness (QED) is 0.828. The number of hydrogen-bond donors (Lipinski definition) is 0. The van der Waals surface area contributed by atoms with E-state index in [1.807, 2.05) is 23.9 Å². The maximum atomic E-state index is 12.5. The van der Waals surface area contributed by atoms with Gasteiger partial charge in [0.25, 0.3) is 0 Å². The van der Waals surface area contributed by atoms with Gasteiger partial charge < -0.3 is 0 Å². The second-order valence-electron chi connectivity index (χ2n) is 5.92. The van der Waals surface area contributed by atoms with Crippen LogP contribution in [0.3, 0.4) is 0 Å². The topological polar surface area (TPSA) is 67.2 Å². The van der Waals surface area contributed by atoms with Crippen LogP contribution in [-0.4, -0.2) is 56.7 Å². The van der Waals surface area contributed by atoms with E-state index in [9.17, 15) is 4.79 Å². The Bertz CT molecular complexity index is 668. The van der Waals surface area contributed by atoms with E-state index in [2.05, 4.69) is 20.0 Å². The number of aromatic nitrogens is 4. The summed E-state index contributed by atoms with van der Waals surface area (Å²) >= 11 is 1.48. The highest BCUT2D eigenvalue weighted by molar-refractivity contribution is 7.13. The van der Waals surface area contributed by atoms with Crippen LogP contribution in [0.2, 0.25) is 0 Å². The molecule has 0 saturated carbocycles. The predicted octanol–water partition coefficient (Wildman–Crippen LogP) is 1.48. The molecule has 0 aromatic carbocycles. The van der Waals surface area contributed by atoms with Gasteiger partial charge in [-0.3, -0.25) is 14.6 Å². The molecule has 1 saturated heterocycles. The average Bonchev–Trinajstić information content (AvgIpc) is 3.22. The molecule has 0 spiro atoms. The summed E-state index contributed by atoms with van der Waals surface area (Å²) in [5.74, 6) is 1.81. The summed E-state index contributed by atoms with van der Waals surface area (Å²) in [4.78, 5) is 24.9. The van der Waals surface area contributed by atoms with Crippen LogP contribution >= 0.6 is 11.3 Å². The monoisotopic (exact) mass is 334 g/mol. The zero-order valence-corrected chi connectivity index (χ0v) is 14.6. The highest BCUT2D eigenvalue weighted by atomic mass is 32.1. The molecule has 1 aliphatic heterocycles. The van der Waals surface area contributed by atoms with E-state index in [-0.39, 0.29) is 5.91 Å². The van der Waals surface area contributed by atoms with Crippen LogP contribution in [0, 0.1) is 13.8 Å². The molecule has 2 aromatic rings. The minimum atomic E-state index is 0.0818. The van der Waals surface area contributed by atoms with Crippen molar-refractivity contribution in [3.8, 4) is 0 Å². The Kier molecular flexibility index (Phi) is 4.72. The molecule has 7 nitrogen and oxygen atoms in total. The Morgan fingerprint density at radius 3 is 2.96 bits per heavy atom. The number of likely N-dealkylation sites (N-methyl/N-ethyl adjacent to an activating group) is 1. The number of carbonyl (C=O) groups excluding carboxylic acids is 1. The molecule has 0 aliphatic carbocycles. The fourth-order valence-corrected chi connectivity index (χ4v) is 3.64. The van der Waals surface area contributed by atoms with Crippen molar-refractivity contribution in [1.82, 2.24) is 24.6 Å². The summed E-state index contributed by atoms with van der Waals surface area (Å²) < 4.78 is 1.95. The molecule has 3 rings (SSSR count). The van der Waals surface area contributed by atoms with Crippen molar-refractivity contribution in [1.29, 1.82) is 0 Å². The normalized spacial score (nSPS) is 18.5.